The summed E-state index contributed by atoms with van der Waals surface area (Å²) in [5.74, 6) is -1.65. The molecule has 1 aromatic rings. The predicted octanol–water partition coefficient (Wildman–Crippen LogP) is 3.43. The molecule has 34 heavy (non-hydrogen) atoms. The van der Waals surface area contributed by atoms with Crippen molar-refractivity contribution in [3.05, 3.63) is 35.4 Å². The minimum Gasteiger partial charge on any atom is -0.465 e. The van der Waals surface area contributed by atoms with Gasteiger partial charge in [0, 0.05) is 18.5 Å². The maximum absolute atomic E-state index is 13.6. The molecule has 3 aliphatic rings. The first-order valence-corrected chi connectivity index (χ1v) is 11.0. The van der Waals surface area contributed by atoms with Crippen molar-refractivity contribution in [1.82, 2.24) is 14.7 Å². The van der Waals surface area contributed by atoms with E-state index in [0.29, 0.717) is 18.4 Å². The topological polar surface area (TPSA) is 81.2 Å². The third-order valence-corrected chi connectivity index (χ3v) is 7.12. The molecule has 7 nitrogen and oxygen atoms in total. The second kappa shape index (κ2) is 8.70. The summed E-state index contributed by atoms with van der Waals surface area (Å²) in [5, 5.41) is 9.30. The van der Waals surface area contributed by atoms with E-state index in [1.807, 2.05) is 0 Å². The van der Waals surface area contributed by atoms with Gasteiger partial charge in [0.1, 0.15) is 6.54 Å². The Labute approximate surface area is 192 Å². The average Bonchev–Trinajstić information content (AvgIpc) is 2.74. The van der Waals surface area contributed by atoms with Crippen molar-refractivity contribution in [2.75, 3.05) is 19.6 Å². The number of nitrogens with zero attached hydrogens (tertiary/aromatic N) is 3. The Hall–Kier alpha value is -2.92. The lowest BCUT2D eigenvalue weighted by molar-refractivity contribution is -0.180. The molecule has 3 amide bonds. The second-order valence-corrected chi connectivity index (χ2v) is 9.18. The van der Waals surface area contributed by atoms with Gasteiger partial charge in [0.05, 0.1) is 18.7 Å². The molecule has 1 N–H and O–H groups in total. The number of carbonyl (C=O) groups is 3. The van der Waals surface area contributed by atoms with Gasteiger partial charge in [0.25, 0.3) is 5.91 Å². The van der Waals surface area contributed by atoms with Crippen LogP contribution in [0.1, 0.15) is 36.8 Å². The minimum absolute atomic E-state index is 0.151. The van der Waals surface area contributed by atoms with Crippen LogP contribution in [-0.2, 0) is 22.3 Å². The third-order valence-electron chi connectivity index (χ3n) is 7.12. The molecule has 186 valence electrons. The first-order valence-electron chi connectivity index (χ1n) is 11.0. The van der Waals surface area contributed by atoms with Gasteiger partial charge in [0.15, 0.2) is 5.54 Å². The van der Waals surface area contributed by atoms with Gasteiger partial charge in [-0.15, -0.1) is 0 Å². The van der Waals surface area contributed by atoms with Gasteiger partial charge in [-0.25, -0.2) is 13.6 Å². The van der Waals surface area contributed by atoms with Gasteiger partial charge in [-0.1, -0.05) is 12.1 Å². The Morgan fingerprint density at radius 3 is 2.15 bits per heavy atom. The van der Waals surface area contributed by atoms with Crippen LogP contribution in [0.5, 0.6) is 0 Å². The van der Waals surface area contributed by atoms with Crippen LogP contribution >= 0.6 is 0 Å². The van der Waals surface area contributed by atoms with E-state index in [0.717, 1.165) is 17.0 Å². The maximum Gasteiger partial charge on any atom is 0.416 e. The monoisotopic (exact) mass is 489 g/mol. The van der Waals surface area contributed by atoms with Crippen LogP contribution in [0.4, 0.5) is 26.7 Å². The highest BCUT2D eigenvalue weighted by Crippen LogP contribution is 2.39. The lowest BCUT2D eigenvalue weighted by Gasteiger charge is -2.58. The fraction of sp³-hybridized carbons (Fsp3) is 0.591. The molecular formula is C22H24F5N3O4. The van der Waals surface area contributed by atoms with Crippen molar-refractivity contribution in [1.29, 1.82) is 0 Å². The van der Waals surface area contributed by atoms with Crippen LogP contribution in [0.3, 0.4) is 0 Å². The Morgan fingerprint density at radius 1 is 1.06 bits per heavy atom. The van der Waals surface area contributed by atoms with Crippen LogP contribution < -0.4 is 0 Å². The average molecular weight is 489 g/mol. The summed E-state index contributed by atoms with van der Waals surface area (Å²) in [5.41, 5.74) is -1.94. The SMILES string of the molecule is O=C(O)N1CC2(C1)C(=O)N(C1CCC(C(F)F)CC1)CC(=O)N2Cc1ccc(C(F)(F)F)cc1. The molecule has 1 saturated carbocycles. The zero-order valence-corrected chi connectivity index (χ0v) is 18.1. The molecular weight excluding hydrogens is 465 g/mol. The highest BCUT2D eigenvalue weighted by atomic mass is 19.4. The molecule has 2 heterocycles. The summed E-state index contributed by atoms with van der Waals surface area (Å²) in [6.45, 7) is -0.937. The number of hydrogen-bond acceptors (Lipinski definition) is 3. The normalized spacial score (nSPS) is 25.2. The second-order valence-electron chi connectivity index (χ2n) is 9.18. The molecule has 2 aliphatic heterocycles. The highest BCUT2D eigenvalue weighted by molar-refractivity contribution is 6.00. The highest BCUT2D eigenvalue weighted by Gasteiger charge is 2.61. The summed E-state index contributed by atoms with van der Waals surface area (Å²) in [4.78, 5) is 41.7. The number of carbonyl (C=O) groups excluding carboxylic acids is 2. The number of carboxylic acid groups (broad SMARTS) is 1. The predicted molar refractivity (Wildman–Crippen MR) is 108 cm³/mol. The van der Waals surface area contributed by atoms with Gasteiger partial charge < -0.3 is 19.8 Å². The van der Waals surface area contributed by atoms with E-state index in [1.54, 1.807) is 0 Å². The van der Waals surface area contributed by atoms with Crippen LogP contribution in [-0.4, -0.2) is 75.4 Å². The molecule has 3 fully saturated rings. The number of benzene rings is 1. The Kier molecular flexibility index (Phi) is 6.19. The third kappa shape index (κ3) is 4.29. The number of hydrogen-bond donors (Lipinski definition) is 1. The van der Waals surface area contributed by atoms with E-state index >= 15 is 0 Å². The molecule has 1 aromatic carbocycles. The fourth-order valence-electron chi connectivity index (χ4n) is 5.13. The standard InChI is InChI=1S/C22H24F5N3O4/c23-18(24)14-3-7-16(8-4-14)29-10-17(31)30(21(19(29)32)11-28(12-21)20(33)34)9-13-1-5-15(6-2-13)22(25,26)27/h1-2,5-6,14,16,18H,3-4,7-12H2,(H,33,34). The van der Waals surface area contributed by atoms with Gasteiger partial charge in [-0.3, -0.25) is 9.59 Å². The largest absolute Gasteiger partial charge is 0.465 e. The van der Waals surface area contributed by atoms with Crippen molar-refractivity contribution < 1.29 is 41.4 Å². The van der Waals surface area contributed by atoms with Crippen molar-refractivity contribution in [2.24, 2.45) is 5.92 Å². The summed E-state index contributed by atoms with van der Waals surface area (Å²) < 4.78 is 64.6. The molecule has 1 aliphatic carbocycles. The molecule has 0 atom stereocenters. The summed E-state index contributed by atoms with van der Waals surface area (Å²) >= 11 is 0. The van der Waals surface area contributed by atoms with Gasteiger partial charge in [-0.05, 0) is 43.4 Å². The Morgan fingerprint density at radius 2 is 1.65 bits per heavy atom. The fourth-order valence-corrected chi connectivity index (χ4v) is 5.13. The molecule has 0 bridgehead atoms. The number of halogens is 5. The van der Waals surface area contributed by atoms with Gasteiger partial charge >= 0.3 is 12.3 Å². The van der Waals surface area contributed by atoms with Gasteiger partial charge in [0.2, 0.25) is 12.3 Å². The lowest BCUT2D eigenvalue weighted by Crippen LogP contribution is -2.81. The quantitative estimate of drug-likeness (QED) is 0.658. The van der Waals surface area contributed by atoms with Gasteiger partial charge in [-0.2, -0.15) is 13.2 Å². The summed E-state index contributed by atoms with van der Waals surface area (Å²) in [6.07, 6.45) is -7.11. The van der Waals surface area contributed by atoms with E-state index in [1.165, 1.54) is 21.9 Å². The molecule has 0 radical (unpaired) electrons. The molecule has 4 rings (SSSR count). The summed E-state index contributed by atoms with van der Waals surface area (Å²) in [6, 6.07) is 3.82. The number of likely N-dealkylation sites (tertiary alicyclic amines) is 1. The van der Waals surface area contributed by atoms with Crippen molar-refractivity contribution in [2.45, 2.75) is 56.4 Å². The molecule has 0 unspecified atom stereocenters. The van der Waals surface area contributed by atoms with E-state index in [2.05, 4.69) is 0 Å². The molecule has 2 saturated heterocycles. The maximum atomic E-state index is 13.6. The van der Waals surface area contributed by atoms with Crippen LogP contribution in [0.25, 0.3) is 0 Å². The van der Waals surface area contributed by atoms with E-state index < -0.39 is 53.6 Å². The van der Waals surface area contributed by atoms with Crippen molar-refractivity contribution >= 4 is 17.9 Å². The number of rotatable bonds is 4. The number of piperazine rings is 1. The minimum atomic E-state index is -4.52. The van der Waals surface area contributed by atoms with Crippen molar-refractivity contribution in [3.63, 3.8) is 0 Å². The Bertz CT molecular complexity index is 954. The van der Waals surface area contributed by atoms with E-state index in [4.69, 9.17) is 0 Å². The van der Waals surface area contributed by atoms with Crippen LogP contribution in [0, 0.1) is 5.92 Å². The first kappa shape index (κ1) is 24.2. The number of amides is 3. The summed E-state index contributed by atoms with van der Waals surface area (Å²) in [7, 11) is 0. The number of alkyl halides is 5. The van der Waals surface area contributed by atoms with E-state index in [-0.39, 0.29) is 39.0 Å². The van der Waals surface area contributed by atoms with Crippen molar-refractivity contribution in [3.8, 4) is 0 Å². The zero-order valence-electron chi connectivity index (χ0n) is 18.1. The smallest absolute Gasteiger partial charge is 0.416 e. The van der Waals surface area contributed by atoms with Crippen LogP contribution in [0.15, 0.2) is 24.3 Å². The van der Waals surface area contributed by atoms with E-state index in [9.17, 15) is 41.4 Å². The molecule has 12 heteroatoms. The zero-order chi connectivity index (χ0) is 24.8. The lowest BCUT2D eigenvalue weighted by atomic mass is 9.80. The van der Waals surface area contributed by atoms with Crippen LogP contribution in [0.2, 0.25) is 0 Å². The molecule has 0 aromatic heterocycles. The molecule has 1 spiro atoms. The Balaban J connectivity index is 1.55. The first-order chi connectivity index (χ1) is 15.9.